The Morgan fingerprint density at radius 3 is 2.95 bits per heavy atom. The lowest BCUT2D eigenvalue weighted by Crippen LogP contribution is -2.29. The van der Waals surface area contributed by atoms with Crippen molar-refractivity contribution >= 4 is 17.3 Å². The monoisotopic (exact) mass is 262 g/mol. The lowest BCUT2D eigenvalue weighted by Gasteiger charge is -2.18. The molecule has 1 aromatic rings. The van der Waals surface area contributed by atoms with E-state index in [9.17, 15) is 4.79 Å². The van der Waals surface area contributed by atoms with Gasteiger partial charge in [0.1, 0.15) is 0 Å². The molecule has 1 aliphatic rings. The standard InChI is InChI=1S/C15H22N2O2/c1-3-7-19-8-5-15(18)17-6-4-12-9-11(2)13(16)10-14(12)17/h9-10H,3-8,16H2,1-2H3. The zero-order valence-corrected chi connectivity index (χ0v) is 11.7. The third-order valence-electron chi connectivity index (χ3n) is 3.47. The average Bonchev–Trinajstić information content (AvgIpc) is 2.78. The summed E-state index contributed by atoms with van der Waals surface area (Å²) in [4.78, 5) is 14.0. The van der Waals surface area contributed by atoms with E-state index in [0.29, 0.717) is 13.0 Å². The molecule has 0 saturated carbocycles. The molecule has 1 aliphatic heterocycles. The first-order valence-electron chi connectivity index (χ1n) is 6.90. The van der Waals surface area contributed by atoms with Crippen LogP contribution in [0.3, 0.4) is 0 Å². The summed E-state index contributed by atoms with van der Waals surface area (Å²) >= 11 is 0. The van der Waals surface area contributed by atoms with Crippen LogP contribution in [-0.4, -0.2) is 25.7 Å². The van der Waals surface area contributed by atoms with Crippen LogP contribution >= 0.6 is 0 Å². The third kappa shape index (κ3) is 3.07. The van der Waals surface area contributed by atoms with Crippen LogP contribution in [0.25, 0.3) is 0 Å². The van der Waals surface area contributed by atoms with Crippen LogP contribution < -0.4 is 10.6 Å². The molecule has 0 bridgehead atoms. The lowest BCUT2D eigenvalue weighted by atomic mass is 10.1. The number of ether oxygens (including phenoxy) is 1. The Morgan fingerprint density at radius 2 is 2.21 bits per heavy atom. The minimum Gasteiger partial charge on any atom is -0.398 e. The molecular weight excluding hydrogens is 240 g/mol. The molecule has 0 atom stereocenters. The number of hydrogen-bond donors (Lipinski definition) is 1. The number of nitrogen functional groups attached to an aromatic ring is 1. The Bertz CT molecular complexity index is 471. The van der Waals surface area contributed by atoms with E-state index in [1.807, 2.05) is 17.9 Å². The van der Waals surface area contributed by atoms with Crippen LogP contribution in [0.2, 0.25) is 0 Å². The van der Waals surface area contributed by atoms with Gasteiger partial charge in [-0.3, -0.25) is 4.79 Å². The van der Waals surface area contributed by atoms with Crippen molar-refractivity contribution < 1.29 is 9.53 Å². The summed E-state index contributed by atoms with van der Waals surface area (Å²) in [5.74, 6) is 0.123. The molecule has 1 heterocycles. The van der Waals surface area contributed by atoms with Crippen molar-refractivity contribution in [1.82, 2.24) is 0 Å². The maximum absolute atomic E-state index is 12.2. The number of rotatable bonds is 5. The van der Waals surface area contributed by atoms with Crippen molar-refractivity contribution in [1.29, 1.82) is 0 Å². The van der Waals surface area contributed by atoms with Crippen LogP contribution in [0.1, 0.15) is 30.9 Å². The van der Waals surface area contributed by atoms with Crippen molar-refractivity contribution in [3.05, 3.63) is 23.3 Å². The Morgan fingerprint density at radius 1 is 1.42 bits per heavy atom. The molecule has 2 rings (SSSR count). The molecule has 104 valence electrons. The number of fused-ring (bicyclic) bond motifs is 1. The van der Waals surface area contributed by atoms with Gasteiger partial charge in [0.2, 0.25) is 5.91 Å². The highest BCUT2D eigenvalue weighted by molar-refractivity contribution is 5.96. The molecule has 0 unspecified atom stereocenters. The maximum Gasteiger partial charge on any atom is 0.229 e. The molecule has 2 N–H and O–H groups in total. The van der Waals surface area contributed by atoms with E-state index in [-0.39, 0.29) is 5.91 Å². The summed E-state index contributed by atoms with van der Waals surface area (Å²) in [7, 11) is 0. The van der Waals surface area contributed by atoms with E-state index in [1.54, 1.807) is 0 Å². The van der Waals surface area contributed by atoms with E-state index in [4.69, 9.17) is 10.5 Å². The van der Waals surface area contributed by atoms with Gasteiger partial charge < -0.3 is 15.4 Å². The van der Waals surface area contributed by atoms with Crippen molar-refractivity contribution in [3.8, 4) is 0 Å². The van der Waals surface area contributed by atoms with E-state index in [0.717, 1.165) is 42.9 Å². The third-order valence-corrected chi connectivity index (χ3v) is 3.47. The topological polar surface area (TPSA) is 55.6 Å². The summed E-state index contributed by atoms with van der Waals surface area (Å²) in [6.45, 7) is 6.03. The Hall–Kier alpha value is -1.55. The minimum absolute atomic E-state index is 0.123. The van der Waals surface area contributed by atoms with Crippen LogP contribution in [-0.2, 0) is 16.0 Å². The molecule has 0 aliphatic carbocycles. The van der Waals surface area contributed by atoms with E-state index in [2.05, 4.69) is 13.0 Å². The highest BCUT2D eigenvalue weighted by Crippen LogP contribution is 2.32. The fourth-order valence-electron chi connectivity index (χ4n) is 2.38. The number of nitrogens with zero attached hydrogens (tertiary/aromatic N) is 1. The van der Waals surface area contributed by atoms with Gasteiger partial charge in [-0.25, -0.2) is 0 Å². The fraction of sp³-hybridized carbons (Fsp3) is 0.533. The van der Waals surface area contributed by atoms with Gasteiger partial charge in [0.15, 0.2) is 0 Å². The van der Waals surface area contributed by atoms with E-state index >= 15 is 0 Å². The quantitative estimate of drug-likeness (QED) is 0.654. The number of aryl methyl sites for hydroxylation is 1. The summed E-state index contributed by atoms with van der Waals surface area (Å²) in [6.07, 6.45) is 2.34. The molecule has 1 amide bonds. The van der Waals surface area contributed by atoms with Gasteiger partial charge in [-0.05, 0) is 37.0 Å². The van der Waals surface area contributed by atoms with Crippen molar-refractivity contribution in [2.45, 2.75) is 33.1 Å². The van der Waals surface area contributed by atoms with Gasteiger partial charge in [0.05, 0.1) is 13.0 Å². The van der Waals surface area contributed by atoms with Crippen LogP contribution in [0.5, 0.6) is 0 Å². The highest BCUT2D eigenvalue weighted by atomic mass is 16.5. The predicted molar refractivity (Wildman–Crippen MR) is 77.4 cm³/mol. The normalized spacial score (nSPS) is 13.7. The second kappa shape index (κ2) is 6.06. The van der Waals surface area contributed by atoms with E-state index in [1.165, 1.54) is 5.56 Å². The van der Waals surface area contributed by atoms with Gasteiger partial charge in [0.25, 0.3) is 0 Å². The lowest BCUT2D eigenvalue weighted by molar-refractivity contribution is -0.119. The molecule has 19 heavy (non-hydrogen) atoms. The fourth-order valence-corrected chi connectivity index (χ4v) is 2.38. The summed E-state index contributed by atoms with van der Waals surface area (Å²) < 4.78 is 5.37. The largest absolute Gasteiger partial charge is 0.398 e. The Kier molecular flexibility index (Phi) is 4.43. The molecule has 0 saturated heterocycles. The molecule has 0 aromatic heterocycles. The number of hydrogen-bond acceptors (Lipinski definition) is 3. The van der Waals surface area contributed by atoms with E-state index < -0.39 is 0 Å². The molecule has 0 fully saturated rings. The van der Waals surface area contributed by atoms with Gasteiger partial charge in [-0.2, -0.15) is 0 Å². The number of nitrogens with two attached hydrogens (primary N) is 1. The van der Waals surface area contributed by atoms with Crippen molar-refractivity contribution in [2.24, 2.45) is 0 Å². The zero-order chi connectivity index (χ0) is 13.8. The van der Waals surface area contributed by atoms with Crippen LogP contribution in [0.15, 0.2) is 12.1 Å². The molecule has 4 nitrogen and oxygen atoms in total. The van der Waals surface area contributed by atoms with Gasteiger partial charge in [0, 0.05) is 24.5 Å². The number of amides is 1. The highest BCUT2D eigenvalue weighted by Gasteiger charge is 2.24. The van der Waals surface area contributed by atoms with Crippen molar-refractivity contribution in [3.63, 3.8) is 0 Å². The Balaban J connectivity index is 2.01. The number of carbonyl (C=O) groups is 1. The summed E-state index contributed by atoms with van der Waals surface area (Å²) in [5.41, 5.74) is 9.96. The smallest absolute Gasteiger partial charge is 0.229 e. The molecule has 4 heteroatoms. The number of carbonyl (C=O) groups excluding carboxylic acids is 1. The molecule has 1 aromatic carbocycles. The Labute approximate surface area is 114 Å². The maximum atomic E-state index is 12.2. The van der Waals surface area contributed by atoms with Crippen molar-refractivity contribution in [2.75, 3.05) is 30.4 Å². The second-order valence-electron chi connectivity index (χ2n) is 5.00. The van der Waals surface area contributed by atoms with Crippen LogP contribution in [0.4, 0.5) is 11.4 Å². The molecular formula is C15H22N2O2. The molecule has 0 spiro atoms. The number of benzene rings is 1. The van der Waals surface area contributed by atoms with Crippen LogP contribution in [0, 0.1) is 6.92 Å². The summed E-state index contributed by atoms with van der Waals surface area (Å²) in [6, 6.07) is 4.01. The predicted octanol–water partition coefficient (Wildman–Crippen LogP) is 2.28. The zero-order valence-electron chi connectivity index (χ0n) is 11.7. The van der Waals surface area contributed by atoms with Gasteiger partial charge >= 0.3 is 0 Å². The first kappa shape index (κ1) is 13.9. The molecule has 0 radical (unpaired) electrons. The number of anilines is 2. The SMILES string of the molecule is CCCOCCC(=O)N1CCc2cc(C)c(N)cc21. The first-order valence-corrected chi connectivity index (χ1v) is 6.90. The minimum atomic E-state index is 0.123. The van der Waals surface area contributed by atoms with Gasteiger partial charge in [-0.15, -0.1) is 0 Å². The average molecular weight is 262 g/mol. The van der Waals surface area contributed by atoms with Gasteiger partial charge in [-0.1, -0.05) is 13.0 Å². The second-order valence-corrected chi connectivity index (χ2v) is 5.00. The first-order chi connectivity index (χ1) is 9.13. The summed E-state index contributed by atoms with van der Waals surface area (Å²) in [5, 5.41) is 0.